The molecule has 106 valence electrons. The molecule has 1 amide bonds. The number of methoxy groups -OCH3 is 1. The van der Waals surface area contributed by atoms with Gasteiger partial charge in [0.05, 0.1) is 12.7 Å². The highest BCUT2D eigenvalue weighted by molar-refractivity contribution is 5.95. The third kappa shape index (κ3) is 4.13. The molecule has 0 saturated heterocycles. The molecular formula is C14H22N2O3. The number of nitrogen functional groups attached to an aromatic ring is 1. The molecule has 0 spiro atoms. The lowest BCUT2D eigenvalue weighted by molar-refractivity contribution is 0.0314. The third-order valence-corrected chi connectivity index (χ3v) is 3.32. The van der Waals surface area contributed by atoms with Gasteiger partial charge in [0.25, 0.3) is 5.91 Å². The normalized spacial score (nSPS) is 11.2. The van der Waals surface area contributed by atoms with Crippen LogP contribution in [0.2, 0.25) is 0 Å². The number of ether oxygens (including phenoxy) is 1. The Labute approximate surface area is 113 Å². The first-order chi connectivity index (χ1) is 8.94. The number of carbonyl (C=O) groups excluding carboxylic acids is 1. The summed E-state index contributed by atoms with van der Waals surface area (Å²) in [4.78, 5) is 12.0. The van der Waals surface area contributed by atoms with E-state index in [4.69, 9.17) is 10.5 Å². The van der Waals surface area contributed by atoms with Crippen molar-refractivity contribution in [3.63, 3.8) is 0 Å². The van der Waals surface area contributed by atoms with Crippen LogP contribution in [0.5, 0.6) is 5.75 Å². The van der Waals surface area contributed by atoms with Crippen LogP contribution >= 0.6 is 0 Å². The van der Waals surface area contributed by atoms with E-state index in [1.807, 2.05) is 13.8 Å². The summed E-state index contributed by atoms with van der Waals surface area (Å²) in [6.45, 7) is 3.99. The standard InChI is InChI=1S/C14H22N2O3/c1-4-14(18,5-2)9-16-13(17)10-6-11(15)8-12(7-10)19-3/h6-8,18H,4-5,9,15H2,1-3H3,(H,16,17). The van der Waals surface area contributed by atoms with Crippen LogP contribution in [0.15, 0.2) is 18.2 Å². The highest BCUT2D eigenvalue weighted by Gasteiger charge is 2.23. The van der Waals surface area contributed by atoms with Gasteiger partial charge in [-0.3, -0.25) is 4.79 Å². The number of rotatable bonds is 6. The molecule has 1 rings (SSSR count). The maximum atomic E-state index is 12.0. The minimum Gasteiger partial charge on any atom is -0.497 e. The Hall–Kier alpha value is -1.75. The Kier molecular flexibility index (Phi) is 5.18. The molecule has 1 aromatic rings. The molecule has 5 nitrogen and oxygen atoms in total. The number of aliphatic hydroxyl groups is 1. The van der Waals surface area contributed by atoms with Gasteiger partial charge in [-0.05, 0) is 25.0 Å². The van der Waals surface area contributed by atoms with Crippen LogP contribution < -0.4 is 15.8 Å². The molecule has 0 atom stereocenters. The first-order valence-corrected chi connectivity index (χ1v) is 6.39. The van der Waals surface area contributed by atoms with E-state index in [0.29, 0.717) is 29.8 Å². The molecule has 0 aliphatic rings. The van der Waals surface area contributed by atoms with Crippen LogP contribution in [0.1, 0.15) is 37.0 Å². The molecule has 0 unspecified atom stereocenters. The van der Waals surface area contributed by atoms with E-state index < -0.39 is 5.60 Å². The van der Waals surface area contributed by atoms with E-state index in [1.165, 1.54) is 7.11 Å². The van der Waals surface area contributed by atoms with Gasteiger partial charge in [-0.15, -0.1) is 0 Å². The summed E-state index contributed by atoms with van der Waals surface area (Å²) in [7, 11) is 1.52. The van der Waals surface area contributed by atoms with Gasteiger partial charge in [0.1, 0.15) is 5.75 Å². The minimum atomic E-state index is -0.861. The van der Waals surface area contributed by atoms with Gasteiger partial charge < -0.3 is 20.9 Å². The average Bonchev–Trinajstić information content (AvgIpc) is 2.43. The predicted octanol–water partition coefficient (Wildman–Crippen LogP) is 1.56. The highest BCUT2D eigenvalue weighted by atomic mass is 16.5. The largest absolute Gasteiger partial charge is 0.497 e. The zero-order valence-electron chi connectivity index (χ0n) is 11.7. The molecule has 0 saturated carbocycles. The fraction of sp³-hybridized carbons (Fsp3) is 0.500. The molecular weight excluding hydrogens is 244 g/mol. The third-order valence-electron chi connectivity index (χ3n) is 3.32. The van der Waals surface area contributed by atoms with Crippen molar-refractivity contribution in [2.24, 2.45) is 0 Å². The number of hydrogen-bond acceptors (Lipinski definition) is 4. The topological polar surface area (TPSA) is 84.6 Å². The summed E-state index contributed by atoms with van der Waals surface area (Å²) < 4.78 is 5.06. The van der Waals surface area contributed by atoms with Crippen molar-refractivity contribution in [3.8, 4) is 5.75 Å². The summed E-state index contributed by atoms with van der Waals surface area (Å²) in [6.07, 6.45) is 1.17. The second-order valence-corrected chi connectivity index (χ2v) is 4.61. The van der Waals surface area contributed by atoms with Crippen LogP contribution in [0.3, 0.4) is 0 Å². The highest BCUT2D eigenvalue weighted by Crippen LogP contribution is 2.19. The summed E-state index contributed by atoms with van der Waals surface area (Å²) in [5.74, 6) is 0.261. The van der Waals surface area contributed by atoms with Crippen molar-refractivity contribution in [2.45, 2.75) is 32.3 Å². The van der Waals surface area contributed by atoms with E-state index in [2.05, 4.69) is 5.32 Å². The maximum absolute atomic E-state index is 12.0. The molecule has 1 aromatic carbocycles. The fourth-order valence-corrected chi connectivity index (χ4v) is 1.72. The second kappa shape index (κ2) is 6.43. The molecule has 19 heavy (non-hydrogen) atoms. The van der Waals surface area contributed by atoms with Crippen molar-refractivity contribution in [1.29, 1.82) is 0 Å². The Morgan fingerprint density at radius 1 is 1.37 bits per heavy atom. The van der Waals surface area contributed by atoms with Gasteiger partial charge in [-0.25, -0.2) is 0 Å². The van der Waals surface area contributed by atoms with Crippen LogP contribution in [0, 0.1) is 0 Å². The van der Waals surface area contributed by atoms with E-state index in [1.54, 1.807) is 18.2 Å². The Balaban J connectivity index is 2.76. The number of anilines is 1. The van der Waals surface area contributed by atoms with Crippen molar-refractivity contribution < 1.29 is 14.6 Å². The Bertz CT molecular complexity index is 442. The summed E-state index contributed by atoms with van der Waals surface area (Å²) in [6, 6.07) is 4.84. The van der Waals surface area contributed by atoms with Gasteiger partial charge >= 0.3 is 0 Å². The molecule has 5 heteroatoms. The zero-order chi connectivity index (χ0) is 14.5. The number of benzene rings is 1. The molecule has 4 N–H and O–H groups in total. The summed E-state index contributed by atoms with van der Waals surface area (Å²) in [5, 5.41) is 12.8. The summed E-state index contributed by atoms with van der Waals surface area (Å²) >= 11 is 0. The number of amides is 1. The Morgan fingerprint density at radius 2 is 2.00 bits per heavy atom. The first-order valence-electron chi connectivity index (χ1n) is 6.39. The van der Waals surface area contributed by atoms with Crippen LogP contribution in [-0.4, -0.2) is 30.3 Å². The van der Waals surface area contributed by atoms with Crippen LogP contribution in [-0.2, 0) is 0 Å². The number of nitrogens with two attached hydrogens (primary N) is 1. The lowest BCUT2D eigenvalue weighted by Gasteiger charge is -2.25. The van der Waals surface area contributed by atoms with Crippen LogP contribution in [0.25, 0.3) is 0 Å². The van der Waals surface area contributed by atoms with E-state index in [9.17, 15) is 9.90 Å². The van der Waals surface area contributed by atoms with Crippen molar-refractivity contribution in [3.05, 3.63) is 23.8 Å². The lowest BCUT2D eigenvalue weighted by Crippen LogP contribution is -2.42. The molecule has 0 fully saturated rings. The van der Waals surface area contributed by atoms with Gasteiger partial charge in [0.2, 0.25) is 0 Å². The quantitative estimate of drug-likeness (QED) is 0.682. The van der Waals surface area contributed by atoms with Crippen molar-refractivity contribution in [2.75, 3.05) is 19.4 Å². The zero-order valence-corrected chi connectivity index (χ0v) is 11.7. The molecule has 0 radical (unpaired) electrons. The SMILES string of the molecule is CCC(O)(CC)CNC(=O)c1cc(N)cc(OC)c1. The molecule has 0 aromatic heterocycles. The van der Waals surface area contributed by atoms with Crippen molar-refractivity contribution >= 4 is 11.6 Å². The number of carbonyl (C=O) groups is 1. The molecule has 0 aliphatic heterocycles. The van der Waals surface area contributed by atoms with E-state index in [0.717, 1.165) is 0 Å². The van der Waals surface area contributed by atoms with Gasteiger partial charge in [0, 0.05) is 23.9 Å². The maximum Gasteiger partial charge on any atom is 0.251 e. The number of hydrogen-bond donors (Lipinski definition) is 3. The lowest BCUT2D eigenvalue weighted by atomic mass is 9.97. The van der Waals surface area contributed by atoms with E-state index in [-0.39, 0.29) is 12.5 Å². The van der Waals surface area contributed by atoms with E-state index >= 15 is 0 Å². The van der Waals surface area contributed by atoms with Gasteiger partial charge in [0.15, 0.2) is 0 Å². The average molecular weight is 266 g/mol. The Morgan fingerprint density at radius 3 is 2.53 bits per heavy atom. The molecule has 0 aliphatic carbocycles. The van der Waals surface area contributed by atoms with Gasteiger partial charge in [-0.2, -0.15) is 0 Å². The van der Waals surface area contributed by atoms with Gasteiger partial charge in [-0.1, -0.05) is 13.8 Å². The first kappa shape index (κ1) is 15.3. The number of nitrogens with one attached hydrogen (secondary N) is 1. The molecule has 0 heterocycles. The molecule has 0 bridgehead atoms. The smallest absolute Gasteiger partial charge is 0.251 e. The second-order valence-electron chi connectivity index (χ2n) is 4.61. The predicted molar refractivity (Wildman–Crippen MR) is 75.3 cm³/mol. The minimum absolute atomic E-state index is 0.218. The van der Waals surface area contributed by atoms with Crippen molar-refractivity contribution in [1.82, 2.24) is 5.32 Å². The monoisotopic (exact) mass is 266 g/mol. The fourth-order valence-electron chi connectivity index (χ4n) is 1.72. The summed E-state index contributed by atoms with van der Waals surface area (Å²) in [5.41, 5.74) is 5.72. The van der Waals surface area contributed by atoms with Crippen LogP contribution in [0.4, 0.5) is 5.69 Å².